The molecule has 0 amide bonds. The summed E-state index contributed by atoms with van der Waals surface area (Å²) in [5, 5.41) is 4.96. The predicted molar refractivity (Wildman–Crippen MR) is 78.0 cm³/mol. The van der Waals surface area contributed by atoms with Gasteiger partial charge in [-0.15, -0.1) is 0 Å². The highest BCUT2D eigenvalue weighted by atomic mass is 32.2. The van der Waals surface area contributed by atoms with E-state index in [9.17, 15) is 8.42 Å². The minimum atomic E-state index is -3.53. The second kappa shape index (κ2) is 5.47. The van der Waals surface area contributed by atoms with Crippen LogP contribution in [-0.2, 0) is 10.0 Å². The Morgan fingerprint density at radius 2 is 1.95 bits per heavy atom. The van der Waals surface area contributed by atoms with E-state index < -0.39 is 10.0 Å². The fraction of sp³-hybridized carbons (Fsp3) is 0.357. The summed E-state index contributed by atoms with van der Waals surface area (Å²) < 4.78 is 27.1. The van der Waals surface area contributed by atoms with Crippen LogP contribution >= 0.6 is 0 Å². The van der Waals surface area contributed by atoms with E-state index in [1.54, 1.807) is 6.20 Å². The third-order valence-electron chi connectivity index (χ3n) is 3.52. The molecule has 0 atom stereocenters. The van der Waals surface area contributed by atoms with Crippen molar-refractivity contribution in [3.63, 3.8) is 0 Å². The zero-order valence-corrected chi connectivity index (χ0v) is 11.9. The van der Waals surface area contributed by atoms with Crippen LogP contribution in [0.1, 0.15) is 6.42 Å². The van der Waals surface area contributed by atoms with Gasteiger partial charge in [0.1, 0.15) is 0 Å². The lowest BCUT2D eigenvalue weighted by atomic mass is 10.2. The van der Waals surface area contributed by atoms with Gasteiger partial charge in [0, 0.05) is 31.2 Å². The van der Waals surface area contributed by atoms with Crippen molar-refractivity contribution in [3.8, 4) is 0 Å². The number of hydrogen-bond acceptors (Lipinski definition) is 4. The highest BCUT2D eigenvalue weighted by molar-refractivity contribution is 7.89. The first-order valence-electron chi connectivity index (χ1n) is 6.74. The van der Waals surface area contributed by atoms with Gasteiger partial charge in [-0.1, -0.05) is 24.3 Å². The van der Waals surface area contributed by atoms with E-state index >= 15 is 0 Å². The number of aromatic nitrogens is 1. The van der Waals surface area contributed by atoms with Crippen molar-refractivity contribution in [2.75, 3.05) is 26.2 Å². The van der Waals surface area contributed by atoms with Crippen LogP contribution in [0.4, 0.5) is 0 Å². The lowest BCUT2D eigenvalue weighted by Gasteiger charge is -2.19. The molecule has 1 aromatic heterocycles. The molecule has 106 valence electrons. The normalized spacial score (nSPS) is 18.0. The van der Waals surface area contributed by atoms with Crippen molar-refractivity contribution in [2.24, 2.45) is 0 Å². The van der Waals surface area contributed by atoms with E-state index in [1.165, 1.54) is 4.31 Å². The number of sulfonamides is 1. The molecule has 2 aromatic rings. The van der Waals surface area contributed by atoms with E-state index in [-0.39, 0.29) is 5.03 Å². The fourth-order valence-electron chi connectivity index (χ4n) is 2.48. The van der Waals surface area contributed by atoms with Gasteiger partial charge < -0.3 is 5.32 Å². The van der Waals surface area contributed by atoms with Crippen LogP contribution in [0.2, 0.25) is 0 Å². The molecule has 0 aliphatic carbocycles. The van der Waals surface area contributed by atoms with Gasteiger partial charge in [-0.3, -0.25) is 0 Å². The number of nitrogens with zero attached hydrogens (tertiary/aromatic N) is 2. The molecule has 1 saturated heterocycles. The summed E-state index contributed by atoms with van der Waals surface area (Å²) in [5.41, 5.74) is 0. The highest BCUT2D eigenvalue weighted by Gasteiger charge is 2.27. The molecule has 1 fully saturated rings. The maximum Gasteiger partial charge on any atom is 0.261 e. The molecular formula is C14H17N3O2S. The minimum absolute atomic E-state index is 0.164. The quantitative estimate of drug-likeness (QED) is 0.903. The SMILES string of the molecule is O=S(=O)(c1nccc2ccccc12)N1CCCNCC1. The topological polar surface area (TPSA) is 62.3 Å². The summed E-state index contributed by atoms with van der Waals surface area (Å²) in [7, 11) is -3.53. The molecule has 0 radical (unpaired) electrons. The van der Waals surface area contributed by atoms with Gasteiger partial charge in [0.15, 0.2) is 5.03 Å². The molecule has 0 spiro atoms. The molecule has 5 nitrogen and oxygen atoms in total. The summed E-state index contributed by atoms with van der Waals surface area (Å²) in [6.07, 6.45) is 2.38. The average molecular weight is 291 g/mol. The van der Waals surface area contributed by atoms with Crippen molar-refractivity contribution in [1.82, 2.24) is 14.6 Å². The predicted octanol–water partition coefficient (Wildman–Crippen LogP) is 1.22. The second-order valence-electron chi connectivity index (χ2n) is 4.84. The lowest BCUT2D eigenvalue weighted by molar-refractivity contribution is 0.430. The van der Waals surface area contributed by atoms with Gasteiger partial charge in [0.05, 0.1) is 0 Å². The van der Waals surface area contributed by atoms with Gasteiger partial charge in [-0.2, -0.15) is 4.31 Å². The Morgan fingerprint density at radius 1 is 1.10 bits per heavy atom. The van der Waals surface area contributed by atoms with Crippen molar-refractivity contribution < 1.29 is 8.42 Å². The zero-order valence-electron chi connectivity index (χ0n) is 11.1. The molecule has 1 N–H and O–H groups in total. The first-order chi connectivity index (χ1) is 9.69. The van der Waals surface area contributed by atoms with Crippen LogP contribution in [0.15, 0.2) is 41.6 Å². The van der Waals surface area contributed by atoms with Crippen molar-refractivity contribution in [3.05, 3.63) is 36.5 Å². The van der Waals surface area contributed by atoms with E-state index in [2.05, 4.69) is 10.3 Å². The first-order valence-corrected chi connectivity index (χ1v) is 8.18. The van der Waals surface area contributed by atoms with E-state index in [0.29, 0.717) is 25.0 Å². The monoisotopic (exact) mass is 291 g/mol. The van der Waals surface area contributed by atoms with E-state index in [4.69, 9.17) is 0 Å². The summed E-state index contributed by atoms with van der Waals surface area (Å²) in [6, 6.07) is 9.28. The van der Waals surface area contributed by atoms with Gasteiger partial charge in [-0.05, 0) is 24.4 Å². The van der Waals surface area contributed by atoms with E-state index in [1.807, 2.05) is 30.3 Å². The van der Waals surface area contributed by atoms with Gasteiger partial charge >= 0.3 is 0 Å². The second-order valence-corrected chi connectivity index (χ2v) is 6.70. The summed E-state index contributed by atoms with van der Waals surface area (Å²) in [4.78, 5) is 4.13. The maximum absolute atomic E-state index is 12.8. The van der Waals surface area contributed by atoms with Gasteiger partial charge in [-0.25, -0.2) is 13.4 Å². The van der Waals surface area contributed by atoms with E-state index in [0.717, 1.165) is 18.4 Å². The Hall–Kier alpha value is -1.50. The standard InChI is InChI=1S/C14H17N3O2S/c18-20(19,17-10-3-7-15-9-11-17)14-13-5-2-1-4-12(13)6-8-16-14/h1-2,4-6,8,15H,3,7,9-11H2. The number of fused-ring (bicyclic) bond motifs is 1. The molecule has 3 rings (SSSR count). The Labute approximate surface area is 118 Å². The first kappa shape index (κ1) is 13.5. The molecule has 6 heteroatoms. The van der Waals surface area contributed by atoms with Crippen LogP contribution in [0, 0.1) is 0 Å². The Kier molecular flexibility index (Phi) is 3.69. The van der Waals surface area contributed by atoms with Crippen LogP contribution < -0.4 is 5.32 Å². The van der Waals surface area contributed by atoms with Crippen LogP contribution in [0.3, 0.4) is 0 Å². The zero-order chi connectivity index (χ0) is 14.0. The Morgan fingerprint density at radius 3 is 2.85 bits per heavy atom. The van der Waals surface area contributed by atoms with Crippen LogP contribution in [0.5, 0.6) is 0 Å². The third-order valence-corrected chi connectivity index (χ3v) is 5.38. The number of nitrogens with one attached hydrogen (secondary N) is 1. The summed E-state index contributed by atoms with van der Waals surface area (Å²) >= 11 is 0. The van der Waals surface area contributed by atoms with Crippen molar-refractivity contribution in [1.29, 1.82) is 0 Å². The molecule has 20 heavy (non-hydrogen) atoms. The number of hydrogen-bond donors (Lipinski definition) is 1. The Bertz CT molecular complexity index is 702. The fourth-order valence-corrected chi connectivity index (χ4v) is 4.08. The maximum atomic E-state index is 12.8. The molecule has 0 bridgehead atoms. The third kappa shape index (κ3) is 2.42. The van der Waals surface area contributed by atoms with Crippen molar-refractivity contribution in [2.45, 2.75) is 11.4 Å². The smallest absolute Gasteiger partial charge is 0.261 e. The number of benzene rings is 1. The molecular weight excluding hydrogens is 274 g/mol. The molecule has 1 aromatic carbocycles. The molecule has 0 saturated carbocycles. The summed E-state index contributed by atoms with van der Waals surface area (Å²) in [5.74, 6) is 0. The molecule has 2 heterocycles. The van der Waals surface area contributed by atoms with Gasteiger partial charge in [0.25, 0.3) is 10.0 Å². The Balaban J connectivity index is 2.09. The largest absolute Gasteiger partial charge is 0.315 e. The van der Waals surface area contributed by atoms with Crippen LogP contribution in [-0.4, -0.2) is 43.9 Å². The molecule has 0 unspecified atom stereocenters. The van der Waals surface area contributed by atoms with Gasteiger partial charge in [0.2, 0.25) is 0 Å². The number of pyridine rings is 1. The summed E-state index contributed by atoms with van der Waals surface area (Å²) in [6.45, 7) is 2.58. The van der Waals surface area contributed by atoms with Crippen LogP contribution in [0.25, 0.3) is 10.8 Å². The minimum Gasteiger partial charge on any atom is -0.315 e. The molecule has 1 aliphatic heterocycles. The lowest BCUT2D eigenvalue weighted by Crippen LogP contribution is -2.34. The molecule has 1 aliphatic rings. The highest BCUT2D eigenvalue weighted by Crippen LogP contribution is 2.23. The number of rotatable bonds is 2. The van der Waals surface area contributed by atoms with Crippen molar-refractivity contribution >= 4 is 20.8 Å². The average Bonchev–Trinajstić information content (AvgIpc) is 2.76.